The number of benzene rings is 2. The van der Waals surface area contributed by atoms with Crippen LogP contribution in [-0.2, 0) is 0 Å². The molecular weight excluding hydrogens is 302 g/mol. The minimum absolute atomic E-state index is 0.284. The van der Waals surface area contributed by atoms with Gasteiger partial charge in [0.1, 0.15) is 0 Å². The van der Waals surface area contributed by atoms with E-state index >= 15 is 0 Å². The molecule has 0 bridgehead atoms. The number of carboxylic acid groups (broad SMARTS) is 1. The van der Waals surface area contributed by atoms with E-state index in [1.807, 2.05) is 55.5 Å². The maximum atomic E-state index is 10.9. The first kappa shape index (κ1) is 15.7. The lowest BCUT2D eigenvalue weighted by molar-refractivity contribution is 0.0697. The number of pyridine rings is 1. The van der Waals surface area contributed by atoms with Crippen LogP contribution in [0.25, 0.3) is 22.3 Å². The highest BCUT2D eigenvalue weighted by atomic mass is 16.5. The van der Waals surface area contributed by atoms with Crippen molar-refractivity contribution in [3.05, 3.63) is 72.4 Å². The molecule has 2 aromatic carbocycles. The smallest absolute Gasteiger partial charge is 0.335 e. The molecule has 0 atom stereocenters. The molecule has 1 aromatic heterocycles. The van der Waals surface area contributed by atoms with Gasteiger partial charge in [-0.15, -0.1) is 0 Å². The number of nitrogens with zero attached hydrogens (tertiary/aromatic N) is 1. The molecule has 0 aliphatic heterocycles. The van der Waals surface area contributed by atoms with Gasteiger partial charge in [-0.25, -0.2) is 9.78 Å². The Hall–Kier alpha value is -3.14. The van der Waals surface area contributed by atoms with Gasteiger partial charge in [0.05, 0.1) is 12.2 Å². The van der Waals surface area contributed by atoms with Crippen LogP contribution in [0.3, 0.4) is 0 Å². The zero-order valence-corrected chi connectivity index (χ0v) is 13.3. The fourth-order valence-electron chi connectivity index (χ4n) is 2.51. The van der Waals surface area contributed by atoms with Crippen LogP contribution in [0.5, 0.6) is 5.88 Å². The summed E-state index contributed by atoms with van der Waals surface area (Å²) >= 11 is 0. The normalized spacial score (nSPS) is 10.4. The summed E-state index contributed by atoms with van der Waals surface area (Å²) in [5.41, 5.74) is 4.26. The predicted octanol–water partition coefficient (Wildman–Crippen LogP) is 4.51. The molecule has 120 valence electrons. The van der Waals surface area contributed by atoms with Gasteiger partial charge in [0, 0.05) is 11.8 Å². The number of hydrogen-bond acceptors (Lipinski definition) is 3. The molecule has 4 nitrogen and oxygen atoms in total. The van der Waals surface area contributed by atoms with Gasteiger partial charge in [-0.3, -0.25) is 0 Å². The monoisotopic (exact) mass is 319 g/mol. The second kappa shape index (κ2) is 6.96. The SMILES string of the molecule is CCOc1ncccc1-c1ccc(-c2ccc(C(=O)O)cc2)cc1. The van der Waals surface area contributed by atoms with Gasteiger partial charge in [-0.2, -0.15) is 0 Å². The van der Waals surface area contributed by atoms with E-state index in [0.717, 1.165) is 22.3 Å². The Kier molecular flexibility index (Phi) is 4.57. The molecule has 1 heterocycles. The highest BCUT2D eigenvalue weighted by Gasteiger charge is 2.08. The third-order valence-corrected chi connectivity index (χ3v) is 3.71. The standard InChI is InChI=1S/C20H17NO3/c1-2-24-19-18(4-3-13-21-19)16-9-5-14(6-10-16)15-7-11-17(12-8-15)20(22)23/h3-13H,2H2,1H3,(H,22,23). The highest BCUT2D eigenvalue weighted by Crippen LogP contribution is 2.30. The molecule has 0 saturated heterocycles. The van der Waals surface area contributed by atoms with E-state index in [-0.39, 0.29) is 5.56 Å². The topological polar surface area (TPSA) is 59.4 Å². The fourth-order valence-corrected chi connectivity index (χ4v) is 2.51. The van der Waals surface area contributed by atoms with Gasteiger partial charge < -0.3 is 9.84 Å². The molecule has 3 aromatic rings. The average molecular weight is 319 g/mol. The van der Waals surface area contributed by atoms with Crippen LogP contribution in [0.4, 0.5) is 0 Å². The molecule has 0 unspecified atom stereocenters. The first-order valence-electron chi connectivity index (χ1n) is 7.71. The lowest BCUT2D eigenvalue weighted by atomic mass is 10.00. The van der Waals surface area contributed by atoms with Crippen LogP contribution in [0, 0.1) is 0 Å². The fraction of sp³-hybridized carbons (Fsp3) is 0.100. The number of hydrogen-bond donors (Lipinski definition) is 1. The minimum atomic E-state index is -0.920. The van der Waals surface area contributed by atoms with Crippen molar-refractivity contribution in [1.82, 2.24) is 4.98 Å². The molecule has 0 saturated carbocycles. The first-order chi connectivity index (χ1) is 11.7. The molecule has 0 radical (unpaired) electrons. The zero-order chi connectivity index (χ0) is 16.9. The van der Waals surface area contributed by atoms with E-state index in [4.69, 9.17) is 9.84 Å². The van der Waals surface area contributed by atoms with E-state index in [0.29, 0.717) is 12.5 Å². The molecule has 0 aliphatic carbocycles. The van der Waals surface area contributed by atoms with Crippen molar-refractivity contribution in [3.63, 3.8) is 0 Å². The van der Waals surface area contributed by atoms with Crippen molar-refractivity contribution in [2.45, 2.75) is 6.92 Å². The van der Waals surface area contributed by atoms with Gasteiger partial charge in [0.15, 0.2) is 0 Å². The van der Waals surface area contributed by atoms with Crippen molar-refractivity contribution < 1.29 is 14.6 Å². The molecule has 0 aliphatic rings. The summed E-state index contributed by atoms with van der Waals surface area (Å²) in [4.78, 5) is 15.2. The van der Waals surface area contributed by atoms with Gasteiger partial charge in [-0.05, 0) is 47.9 Å². The zero-order valence-electron chi connectivity index (χ0n) is 13.3. The van der Waals surface area contributed by atoms with E-state index in [1.54, 1.807) is 18.3 Å². The molecular formula is C20H17NO3. The third-order valence-electron chi connectivity index (χ3n) is 3.71. The summed E-state index contributed by atoms with van der Waals surface area (Å²) in [7, 11) is 0. The Morgan fingerprint density at radius 2 is 1.54 bits per heavy atom. The van der Waals surface area contributed by atoms with Crippen LogP contribution in [0.15, 0.2) is 66.9 Å². The van der Waals surface area contributed by atoms with Crippen LogP contribution in [0.2, 0.25) is 0 Å². The number of rotatable bonds is 5. The summed E-state index contributed by atoms with van der Waals surface area (Å²) in [6.45, 7) is 2.50. The average Bonchev–Trinajstić information content (AvgIpc) is 2.63. The van der Waals surface area contributed by atoms with E-state index in [2.05, 4.69) is 4.98 Å². The Morgan fingerprint density at radius 1 is 0.958 bits per heavy atom. The van der Waals surface area contributed by atoms with Gasteiger partial charge >= 0.3 is 5.97 Å². The molecule has 0 fully saturated rings. The number of ether oxygens (including phenoxy) is 1. The van der Waals surface area contributed by atoms with Gasteiger partial charge in [-0.1, -0.05) is 36.4 Å². The van der Waals surface area contributed by atoms with Crippen molar-refractivity contribution in [3.8, 4) is 28.1 Å². The molecule has 24 heavy (non-hydrogen) atoms. The largest absolute Gasteiger partial charge is 0.478 e. The summed E-state index contributed by atoms with van der Waals surface area (Å²) in [5, 5.41) is 8.96. The number of carboxylic acids is 1. The highest BCUT2D eigenvalue weighted by molar-refractivity contribution is 5.88. The van der Waals surface area contributed by atoms with Gasteiger partial charge in [0.2, 0.25) is 5.88 Å². The second-order valence-corrected chi connectivity index (χ2v) is 5.25. The number of aromatic carboxylic acids is 1. The molecule has 3 rings (SSSR count). The van der Waals surface area contributed by atoms with Crippen LogP contribution >= 0.6 is 0 Å². The first-order valence-corrected chi connectivity index (χ1v) is 7.71. The Morgan fingerprint density at radius 3 is 2.12 bits per heavy atom. The van der Waals surface area contributed by atoms with Crippen molar-refractivity contribution in [1.29, 1.82) is 0 Å². The van der Waals surface area contributed by atoms with E-state index in [1.165, 1.54) is 0 Å². The van der Waals surface area contributed by atoms with E-state index in [9.17, 15) is 4.79 Å². The Labute approximate surface area is 140 Å². The number of aromatic nitrogens is 1. The molecule has 0 amide bonds. The lowest BCUT2D eigenvalue weighted by Gasteiger charge is -2.09. The van der Waals surface area contributed by atoms with Crippen LogP contribution in [-0.4, -0.2) is 22.7 Å². The van der Waals surface area contributed by atoms with Crippen molar-refractivity contribution >= 4 is 5.97 Å². The van der Waals surface area contributed by atoms with Crippen LogP contribution < -0.4 is 4.74 Å². The maximum Gasteiger partial charge on any atom is 0.335 e. The second-order valence-electron chi connectivity index (χ2n) is 5.25. The van der Waals surface area contributed by atoms with Crippen molar-refractivity contribution in [2.75, 3.05) is 6.61 Å². The van der Waals surface area contributed by atoms with Gasteiger partial charge in [0.25, 0.3) is 0 Å². The quantitative estimate of drug-likeness (QED) is 0.751. The molecule has 4 heteroatoms. The minimum Gasteiger partial charge on any atom is -0.478 e. The summed E-state index contributed by atoms with van der Waals surface area (Å²) in [6, 6.07) is 18.8. The summed E-state index contributed by atoms with van der Waals surface area (Å²) < 4.78 is 5.58. The Balaban J connectivity index is 1.89. The maximum absolute atomic E-state index is 10.9. The summed E-state index contributed by atoms with van der Waals surface area (Å²) in [6.07, 6.45) is 1.72. The van der Waals surface area contributed by atoms with Crippen molar-refractivity contribution in [2.24, 2.45) is 0 Å². The summed E-state index contributed by atoms with van der Waals surface area (Å²) in [5.74, 6) is -0.296. The van der Waals surface area contributed by atoms with Crippen LogP contribution in [0.1, 0.15) is 17.3 Å². The number of carbonyl (C=O) groups is 1. The molecule has 1 N–H and O–H groups in total. The van der Waals surface area contributed by atoms with E-state index < -0.39 is 5.97 Å². The Bertz CT molecular complexity index is 840. The predicted molar refractivity (Wildman–Crippen MR) is 93.2 cm³/mol. The third kappa shape index (κ3) is 3.27. The molecule has 0 spiro atoms. The lowest BCUT2D eigenvalue weighted by Crippen LogP contribution is -1.96.